The first-order chi connectivity index (χ1) is 23.3. The topological polar surface area (TPSA) is 0 Å². The van der Waals surface area contributed by atoms with Crippen molar-refractivity contribution in [3.63, 3.8) is 0 Å². The molecule has 0 atom stereocenters. The van der Waals surface area contributed by atoms with Crippen molar-refractivity contribution in [3.8, 4) is 11.1 Å². The molecule has 0 aromatic heterocycles. The van der Waals surface area contributed by atoms with Crippen LogP contribution in [0.15, 0.2) is 70.5 Å². The number of hydrogen-bond acceptors (Lipinski definition) is 1. The Morgan fingerprint density at radius 2 is 0.936 bits per heavy atom. The molecule has 9 rings (SSSR count). The first-order valence-electron chi connectivity index (χ1n) is 20.1. The van der Waals surface area contributed by atoms with Crippen LogP contribution < -0.4 is 10.9 Å². The van der Waals surface area contributed by atoms with Gasteiger partial charge in [-0.05, 0) is 39.4 Å². The van der Waals surface area contributed by atoms with Gasteiger partial charge in [-0.2, -0.15) is 0 Å². The summed E-state index contributed by atoms with van der Waals surface area (Å²) in [5, 5.41) is 5.91. The highest BCUT2D eigenvalue weighted by Crippen LogP contribution is 2.50. The zero-order valence-electron chi connectivity index (χ0n) is 28.8. The van der Waals surface area contributed by atoms with Crippen LogP contribution in [0, 0.1) is 0 Å². The molecule has 0 unspecified atom stereocenters. The Morgan fingerprint density at radius 3 is 1.49 bits per heavy atom. The van der Waals surface area contributed by atoms with Crippen LogP contribution >= 0.6 is 11.8 Å². The molecule has 3 heteroatoms. The summed E-state index contributed by atoms with van der Waals surface area (Å²) in [5.41, 5.74) is 6.26. The predicted molar refractivity (Wildman–Crippen MR) is 209 cm³/mol. The van der Waals surface area contributed by atoms with Gasteiger partial charge in [-0.25, -0.2) is 0 Å². The maximum absolute atomic E-state index is 2.67. The molecule has 1 aliphatic heterocycles. The fraction of sp³-hybridized carbons (Fsp3) is 0.545. The van der Waals surface area contributed by atoms with Crippen LogP contribution in [-0.2, 0) is 0 Å². The van der Waals surface area contributed by atoms with E-state index in [2.05, 4.69) is 72.4 Å². The molecule has 0 N–H and O–H groups in total. The fourth-order valence-corrected chi connectivity index (χ4v) is 12.9. The lowest BCUT2D eigenvalue weighted by Crippen LogP contribution is -2.41. The number of benzene rings is 4. The summed E-state index contributed by atoms with van der Waals surface area (Å²) in [7, 11) is 0. The minimum atomic E-state index is 0.751. The Labute approximate surface area is 289 Å². The molecule has 0 amide bonds. The molecule has 0 radical (unpaired) electrons. The Morgan fingerprint density at radius 1 is 0.426 bits per heavy atom. The van der Waals surface area contributed by atoms with Crippen molar-refractivity contribution < 1.29 is 0 Å². The van der Waals surface area contributed by atoms with Crippen LogP contribution in [0.1, 0.15) is 128 Å². The smallest absolute Gasteiger partial charge is 0.0888 e. The van der Waals surface area contributed by atoms with Crippen LogP contribution in [-0.4, -0.2) is 13.4 Å². The van der Waals surface area contributed by atoms with Crippen LogP contribution in [0.5, 0.6) is 0 Å². The van der Waals surface area contributed by atoms with Gasteiger partial charge in [0.15, 0.2) is 13.4 Å². The van der Waals surface area contributed by atoms with E-state index in [1.54, 1.807) is 10.9 Å². The van der Waals surface area contributed by atoms with Gasteiger partial charge in [0.05, 0.1) is 0 Å². The minimum Gasteiger partial charge on any atom is -0.0888 e. The summed E-state index contributed by atoms with van der Waals surface area (Å²) in [6.07, 6.45) is 28.9. The second-order valence-electron chi connectivity index (χ2n) is 16.6. The van der Waals surface area contributed by atoms with Gasteiger partial charge in [0.1, 0.15) is 0 Å². The second-order valence-corrected chi connectivity index (χ2v) is 17.7. The Kier molecular flexibility index (Phi) is 8.98. The number of fused-ring (bicyclic) bond motifs is 4. The van der Waals surface area contributed by atoms with Crippen LogP contribution in [0.4, 0.5) is 0 Å². The van der Waals surface area contributed by atoms with E-state index in [1.807, 2.05) is 0 Å². The van der Waals surface area contributed by atoms with Crippen molar-refractivity contribution in [3.05, 3.63) is 60.7 Å². The fourth-order valence-electron chi connectivity index (χ4n) is 11.7. The zero-order valence-corrected chi connectivity index (χ0v) is 29.6. The number of rotatable bonds is 6. The first-order valence-corrected chi connectivity index (χ1v) is 20.9. The van der Waals surface area contributed by atoms with E-state index in [-0.39, 0.29) is 0 Å². The van der Waals surface area contributed by atoms with Gasteiger partial charge >= 0.3 is 0 Å². The standard InChI is InChI=1S/C44H54B2S/c1-5-14-32(15-6-1)45(33-16-7-2-8-17-33)36-25-24-31-28-41-38-27-26-37(46(34-18-9-3-10-19-34)35-20-11-4-12-21-35)30-43(38)47-42-23-13-22-39(44(41)42)40(31)29-36/h13,22-30,32-35H,1-12,14-21H2. The molecule has 5 aliphatic rings. The van der Waals surface area contributed by atoms with Crippen molar-refractivity contribution in [1.82, 2.24) is 0 Å². The van der Waals surface area contributed by atoms with E-state index in [9.17, 15) is 0 Å². The van der Waals surface area contributed by atoms with Gasteiger partial charge in [-0.1, -0.05) is 223 Å². The average Bonchev–Trinajstić information content (AvgIpc) is 3.14. The summed E-state index contributed by atoms with van der Waals surface area (Å²) >= 11 is 2.06. The SMILES string of the molecule is c1cc2c3c(cc4ccc(B(C5CCCCC5)C5CCCCC5)cc4c3c1)-c1ccc(B(C3CCCCC3)C3CCCCC3)cc1S2. The van der Waals surface area contributed by atoms with E-state index in [1.165, 1.54) is 171 Å². The third-order valence-electron chi connectivity index (χ3n) is 13.9. The van der Waals surface area contributed by atoms with Crippen LogP contribution in [0.3, 0.4) is 0 Å². The average molecular weight is 637 g/mol. The third-order valence-corrected chi connectivity index (χ3v) is 15.0. The summed E-state index contributed by atoms with van der Waals surface area (Å²) in [5.74, 6) is 3.54. The molecule has 4 fully saturated rings. The molecule has 0 spiro atoms. The highest BCUT2D eigenvalue weighted by Gasteiger charge is 2.38. The van der Waals surface area contributed by atoms with E-state index < -0.39 is 0 Å². The Balaban J connectivity index is 1.12. The van der Waals surface area contributed by atoms with E-state index in [4.69, 9.17) is 0 Å². The molecular weight excluding hydrogens is 582 g/mol. The van der Waals surface area contributed by atoms with Gasteiger partial charge in [-0.3, -0.25) is 0 Å². The maximum atomic E-state index is 2.67. The first kappa shape index (κ1) is 30.9. The summed E-state index contributed by atoms with van der Waals surface area (Å²) in [6.45, 7) is 1.51. The summed E-state index contributed by atoms with van der Waals surface area (Å²) < 4.78 is 0. The van der Waals surface area contributed by atoms with Gasteiger partial charge in [0.2, 0.25) is 0 Å². The van der Waals surface area contributed by atoms with E-state index >= 15 is 0 Å². The summed E-state index contributed by atoms with van der Waals surface area (Å²) in [6, 6.07) is 25.3. The van der Waals surface area contributed by atoms with E-state index in [0.717, 1.165) is 36.7 Å². The molecule has 4 aromatic rings. The van der Waals surface area contributed by atoms with E-state index in [0.29, 0.717) is 0 Å². The van der Waals surface area contributed by atoms with Crippen molar-refractivity contribution in [2.45, 2.75) is 161 Å². The third kappa shape index (κ3) is 5.93. The predicted octanol–water partition coefficient (Wildman–Crippen LogP) is 12.9. The molecule has 4 aliphatic carbocycles. The molecule has 0 nitrogen and oxygen atoms in total. The van der Waals surface area contributed by atoms with Crippen molar-refractivity contribution in [1.29, 1.82) is 0 Å². The minimum absolute atomic E-state index is 0.751. The molecular formula is C44H54B2S. The van der Waals surface area contributed by atoms with Crippen LogP contribution in [0.25, 0.3) is 32.7 Å². The van der Waals surface area contributed by atoms with Gasteiger partial charge in [0.25, 0.3) is 0 Å². The van der Waals surface area contributed by atoms with Crippen molar-refractivity contribution >= 4 is 57.7 Å². The molecule has 1 heterocycles. The molecule has 0 saturated heterocycles. The zero-order chi connectivity index (χ0) is 31.2. The molecule has 47 heavy (non-hydrogen) atoms. The molecule has 242 valence electrons. The number of hydrogen-bond donors (Lipinski definition) is 0. The van der Waals surface area contributed by atoms with Crippen molar-refractivity contribution in [2.75, 3.05) is 0 Å². The van der Waals surface area contributed by atoms with Gasteiger partial charge in [-0.15, -0.1) is 0 Å². The Hall–Kier alpha value is -2.12. The highest BCUT2D eigenvalue weighted by atomic mass is 32.2. The Bertz CT molecular complexity index is 1680. The van der Waals surface area contributed by atoms with Crippen LogP contribution in [0.2, 0.25) is 23.3 Å². The van der Waals surface area contributed by atoms with Gasteiger partial charge < -0.3 is 0 Å². The molecule has 4 aromatic carbocycles. The summed E-state index contributed by atoms with van der Waals surface area (Å²) in [4.78, 5) is 2.97. The normalized spacial score (nSPS) is 21.6. The molecule has 4 saturated carbocycles. The molecule has 0 bridgehead atoms. The highest BCUT2D eigenvalue weighted by molar-refractivity contribution is 7.99. The maximum Gasteiger partial charge on any atom is 0.182 e. The monoisotopic (exact) mass is 636 g/mol. The van der Waals surface area contributed by atoms with Crippen molar-refractivity contribution in [2.24, 2.45) is 0 Å². The largest absolute Gasteiger partial charge is 0.182 e. The van der Waals surface area contributed by atoms with Gasteiger partial charge in [0, 0.05) is 15.2 Å². The lowest BCUT2D eigenvalue weighted by atomic mass is 9.27. The quantitative estimate of drug-likeness (QED) is 0.132. The lowest BCUT2D eigenvalue weighted by molar-refractivity contribution is 0.465. The second kappa shape index (κ2) is 13.7. The lowest BCUT2D eigenvalue weighted by Gasteiger charge is -2.36.